The molecule has 0 spiro atoms. The van der Waals surface area contributed by atoms with Crippen molar-refractivity contribution in [3.8, 4) is 0 Å². The molecule has 1 aromatic heterocycles. The summed E-state index contributed by atoms with van der Waals surface area (Å²) in [5.41, 5.74) is 1.67. The molecule has 2 heterocycles. The lowest BCUT2D eigenvalue weighted by atomic mass is 10.0. The van der Waals surface area contributed by atoms with Gasteiger partial charge in [0.15, 0.2) is 5.82 Å². The van der Waals surface area contributed by atoms with Crippen molar-refractivity contribution in [3.63, 3.8) is 0 Å². The van der Waals surface area contributed by atoms with Crippen molar-refractivity contribution in [2.45, 2.75) is 32.4 Å². The maximum Gasteiger partial charge on any atom is 0.173 e. The average Bonchev–Trinajstić information content (AvgIpc) is 3.21. The topological polar surface area (TPSA) is 50.1 Å². The summed E-state index contributed by atoms with van der Waals surface area (Å²) in [4.78, 5) is 4.56. The highest BCUT2D eigenvalue weighted by Gasteiger charge is 2.33. The van der Waals surface area contributed by atoms with Gasteiger partial charge in [-0.15, -0.1) is 5.10 Å². The van der Waals surface area contributed by atoms with Crippen LogP contribution in [0.5, 0.6) is 0 Å². The van der Waals surface area contributed by atoms with Crippen LogP contribution in [0, 0.1) is 11.6 Å². The molecule has 0 N–H and O–H groups in total. The highest BCUT2D eigenvalue weighted by atomic mass is 19.1. The van der Waals surface area contributed by atoms with Crippen LogP contribution in [0.3, 0.4) is 0 Å². The number of aromatic nitrogens is 4. The number of anilines is 1. The van der Waals surface area contributed by atoms with Gasteiger partial charge >= 0.3 is 0 Å². The zero-order valence-corrected chi connectivity index (χ0v) is 17.5. The first kappa shape index (κ1) is 20.4. The molecule has 4 rings (SSSR count). The van der Waals surface area contributed by atoms with E-state index in [-0.39, 0.29) is 23.2 Å². The maximum absolute atomic E-state index is 13.6. The molecule has 0 radical (unpaired) electrons. The maximum atomic E-state index is 13.6. The Hall–Kier alpha value is -2.87. The smallest absolute Gasteiger partial charge is 0.173 e. The largest absolute Gasteiger partial charge is 0.369 e. The first-order chi connectivity index (χ1) is 14.3. The molecule has 1 saturated heterocycles. The van der Waals surface area contributed by atoms with Gasteiger partial charge in [0.2, 0.25) is 0 Å². The van der Waals surface area contributed by atoms with Gasteiger partial charge in [0, 0.05) is 31.9 Å². The fourth-order valence-corrected chi connectivity index (χ4v) is 3.90. The van der Waals surface area contributed by atoms with E-state index in [1.165, 1.54) is 24.3 Å². The van der Waals surface area contributed by atoms with Crippen molar-refractivity contribution in [2.24, 2.45) is 0 Å². The standard InChI is InChI=1S/C22H26F2N6/c1-22(2,3)30-21(25-26-27-30)20(16-4-6-17(23)7-5-16)29-14-12-28(13-15-29)19-10-8-18(24)9-11-19/h4-11,20H,12-15H2,1-3H3/t20-/m1/s1. The number of benzene rings is 2. The lowest BCUT2D eigenvalue weighted by molar-refractivity contribution is 0.191. The Morgan fingerprint density at radius 3 is 1.97 bits per heavy atom. The molecule has 2 aromatic carbocycles. The van der Waals surface area contributed by atoms with E-state index in [1.807, 2.05) is 16.8 Å². The minimum Gasteiger partial charge on any atom is -0.369 e. The van der Waals surface area contributed by atoms with Gasteiger partial charge in [0.1, 0.15) is 11.6 Å². The minimum atomic E-state index is -0.285. The molecule has 1 atom stereocenters. The lowest BCUT2D eigenvalue weighted by Crippen LogP contribution is -2.48. The third kappa shape index (κ3) is 4.18. The Kier molecular flexibility index (Phi) is 5.51. The van der Waals surface area contributed by atoms with E-state index in [4.69, 9.17) is 0 Å². The predicted octanol–water partition coefficient (Wildman–Crippen LogP) is 3.62. The third-order valence-electron chi connectivity index (χ3n) is 5.43. The number of halogens is 2. The van der Waals surface area contributed by atoms with Crippen LogP contribution in [0.25, 0.3) is 0 Å². The van der Waals surface area contributed by atoms with E-state index in [2.05, 4.69) is 46.1 Å². The highest BCUT2D eigenvalue weighted by molar-refractivity contribution is 5.46. The molecule has 0 unspecified atom stereocenters. The van der Waals surface area contributed by atoms with Crippen molar-refractivity contribution in [2.75, 3.05) is 31.1 Å². The van der Waals surface area contributed by atoms with Crippen LogP contribution < -0.4 is 4.90 Å². The predicted molar refractivity (Wildman–Crippen MR) is 111 cm³/mol. The zero-order valence-electron chi connectivity index (χ0n) is 17.5. The fraction of sp³-hybridized carbons (Fsp3) is 0.409. The Bertz CT molecular complexity index is 970. The Labute approximate surface area is 175 Å². The molecule has 158 valence electrons. The van der Waals surface area contributed by atoms with Gasteiger partial charge < -0.3 is 4.90 Å². The van der Waals surface area contributed by atoms with E-state index in [9.17, 15) is 8.78 Å². The van der Waals surface area contributed by atoms with E-state index in [0.29, 0.717) is 0 Å². The molecule has 1 fully saturated rings. The van der Waals surface area contributed by atoms with E-state index < -0.39 is 0 Å². The van der Waals surface area contributed by atoms with Crippen molar-refractivity contribution >= 4 is 5.69 Å². The first-order valence-electron chi connectivity index (χ1n) is 10.1. The number of piperazine rings is 1. The number of tetrazole rings is 1. The summed E-state index contributed by atoms with van der Waals surface area (Å²) in [5.74, 6) is 0.237. The number of rotatable bonds is 4. The molecule has 6 nitrogen and oxygen atoms in total. The molecule has 8 heteroatoms. The van der Waals surface area contributed by atoms with Crippen LogP contribution >= 0.6 is 0 Å². The second-order valence-electron chi connectivity index (χ2n) is 8.57. The van der Waals surface area contributed by atoms with Gasteiger partial charge in [-0.2, -0.15) is 0 Å². The van der Waals surface area contributed by atoms with Crippen LogP contribution in [0.1, 0.15) is 38.2 Å². The molecule has 0 aliphatic carbocycles. The van der Waals surface area contributed by atoms with Crippen LogP contribution in [-0.2, 0) is 5.54 Å². The molecule has 0 bridgehead atoms. The van der Waals surface area contributed by atoms with Crippen LogP contribution in [-0.4, -0.2) is 51.3 Å². The minimum absolute atomic E-state index is 0.185. The molecule has 1 aliphatic rings. The van der Waals surface area contributed by atoms with Crippen LogP contribution in [0.4, 0.5) is 14.5 Å². The van der Waals surface area contributed by atoms with Gasteiger partial charge in [0.05, 0.1) is 11.6 Å². The van der Waals surface area contributed by atoms with E-state index in [1.54, 1.807) is 12.1 Å². The van der Waals surface area contributed by atoms with Gasteiger partial charge in [-0.25, -0.2) is 13.5 Å². The van der Waals surface area contributed by atoms with E-state index >= 15 is 0 Å². The van der Waals surface area contributed by atoms with E-state index in [0.717, 1.165) is 43.3 Å². The summed E-state index contributed by atoms with van der Waals surface area (Å²) in [5, 5.41) is 12.5. The van der Waals surface area contributed by atoms with Gasteiger partial charge in [-0.1, -0.05) is 12.1 Å². The summed E-state index contributed by atoms with van der Waals surface area (Å²) in [6.45, 7) is 9.30. The van der Waals surface area contributed by atoms with Gasteiger partial charge in [-0.3, -0.25) is 4.90 Å². The molecular formula is C22H26F2N6. The summed E-state index contributed by atoms with van der Waals surface area (Å²) in [6, 6.07) is 13.0. The summed E-state index contributed by atoms with van der Waals surface area (Å²) < 4.78 is 28.7. The van der Waals surface area contributed by atoms with Gasteiger partial charge in [-0.05, 0) is 73.2 Å². The number of hydrogen-bond acceptors (Lipinski definition) is 5. The molecule has 30 heavy (non-hydrogen) atoms. The Morgan fingerprint density at radius 2 is 1.40 bits per heavy atom. The normalized spacial score (nSPS) is 16.6. The SMILES string of the molecule is CC(C)(C)n1nnnc1[C@@H](c1ccc(F)cc1)N1CCN(c2ccc(F)cc2)CC1. The monoisotopic (exact) mass is 412 g/mol. The molecule has 0 amide bonds. The second-order valence-corrected chi connectivity index (χ2v) is 8.57. The average molecular weight is 412 g/mol. The van der Waals surface area contributed by atoms with Crippen LogP contribution in [0.2, 0.25) is 0 Å². The van der Waals surface area contributed by atoms with Crippen molar-refractivity contribution < 1.29 is 8.78 Å². The Balaban J connectivity index is 1.62. The van der Waals surface area contributed by atoms with Crippen LogP contribution in [0.15, 0.2) is 48.5 Å². The first-order valence-corrected chi connectivity index (χ1v) is 10.1. The molecule has 0 saturated carbocycles. The molecule has 1 aliphatic heterocycles. The summed E-state index contributed by atoms with van der Waals surface area (Å²) in [6.07, 6.45) is 0. The highest BCUT2D eigenvalue weighted by Crippen LogP contribution is 2.31. The second kappa shape index (κ2) is 8.10. The van der Waals surface area contributed by atoms with Crippen molar-refractivity contribution in [1.82, 2.24) is 25.1 Å². The van der Waals surface area contributed by atoms with Crippen molar-refractivity contribution in [3.05, 3.63) is 71.6 Å². The molecular weight excluding hydrogens is 386 g/mol. The van der Waals surface area contributed by atoms with Crippen molar-refractivity contribution in [1.29, 1.82) is 0 Å². The zero-order chi connectivity index (χ0) is 21.3. The quantitative estimate of drug-likeness (QED) is 0.655. The fourth-order valence-electron chi connectivity index (χ4n) is 3.90. The lowest BCUT2D eigenvalue weighted by Gasteiger charge is -2.40. The Morgan fingerprint density at radius 1 is 0.833 bits per heavy atom. The summed E-state index contributed by atoms with van der Waals surface area (Å²) in [7, 11) is 0. The number of nitrogens with zero attached hydrogens (tertiary/aromatic N) is 6. The van der Waals surface area contributed by atoms with Gasteiger partial charge in [0.25, 0.3) is 0 Å². The molecule has 3 aromatic rings. The summed E-state index contributed by atoms with van der Waals surface area (Å²) >= 11 is 0. The third-order valence-corrected chi connectivity index (χ3v) is 5.43. The number of hydrogen-bond donors (Lipinski definition) is 0.